The summed E-state index contributed by atoms with van der Waals surface area (Å²) in [6, 6.07) is 0.727. The van der Waals surface area contributed by atoms with Crippen molar-refractivity contribution in [2.45, 2.75) is 12.4 Å². The summed E-state index contributed by atoms with van der Waals surface area (Å²) in [4.78, 5) is 12.9. The monoisotopic (exact) mass is 666 g/mol. The zero-order chi connectivity index (χ0) is 33.5. The van der Waals surface area contributed by atoms with Crippen molar-refractivity contribution in [1.82, 2.24) is 19.9 Å². The van der Waals surface area contributed by atoms with Crippen LogP contribution in [0.25, 0.3) is 45.6 Å². The van der Waals surface area contributed by atoms with E-state index in [-0.39, 0.29) is 0 Å². The van der Waals surface area contributed by atoms with Crippen LogP contribution >= 0.6 is 0 Å². The van der Waals surface area contributed by atoms with Gasteiger partial charge in [-0.15, -0.1) is 0 Å². The van der Waals surface area contributed by atoms with E-state index in [4.69, 9.17) is 4.42 Å². The molecule has 0 spiro atoms. The van der Waals surface area contributed by atoms with Gasteiger partial charge in [-0.25, -0.2) is 63.8 Å². The Morgan fingerprint density at radius 2 is 0.800 bits per heavy atom. The Balaban J connectivity index is 1.89. The van der Waals surface area contributed by atoms with Crippen molar-refractivity contribution in [2.75, 3.05) is 0 Å². The van der Waals surface area contributed by atoms with Crippen LogP contribution in [0.5, 0.6) is 0 Å². The lowest BCUT2D eigenvalue weighted by molar-refractivity contribution is -0.144. The smallest absolute Gasteiger partial charge is 0.422 e. The third-order valence-electron chi connectivity index (χ3n) is 5.80. The van der Waals surface area contributed by atoms with Gasteiger partial charge in [0.2, 0.25) is 5.82 Å². The second kappa shape index (κ2) is 10.3. The first-order valence-electron chi connectivity index (χ1n) is 11.1. The number of nitrogens with zero attached hydrogens (tertiary/aromatic N) is 4. The SMILES string of the molecule is Fc1cc2nc(-c3nc(-c4c(F)c(F)c(C(F)(F)F)c(F)c4F)nc(-c4c(F)c(F)c(C(F)(F)F)c(F)c4F)n3)oc2cc1F. The van der Waals surface area contributed by atoms with Crippen molar-refractivity contribution in [1.29, 1.82) is 0 Å². The lowest BCUT2D eigenvalue weighted by Crippen LogP contribution is -2.17. The molecular formula is C24H2F16N4O. The summed E-state index contributed by atoms with van der Waals surface area (Å²) >= 11 is 0. The van der Waals surface area contributed by atoms with Crippen LogP contribution in [0.4, 0.5) is 70.2 Å². The topological polar surface area (TPSA) is 64.7 Å². The molecule has 0 aliphatic rings. The maximum Gasteiger partial charge on any atom is 0.422 e. The van der Waals surface area contributed by atoms with Gasteiger partial charge in [0.15, 0.2) is 75.4 Å². The van der Waals surface area contributed by atoms with Gasteiger partial charge in [0.25, 0.3) is 5.89 Å². The Morgan fingerprint density at radius 3 is 1.18 bits per heavy atom. The molecule has 0 aliphatic carbocycles. The van der Waals surface area contributed by atoms with E-state index in [0.717, 1.165) is 0 Å². The Labute approximate surface area is 234 Å². The summed E-state index contributed by atoms with van der Waals surface area (Å²) < 4.78 is 227. The molecule has 0 radical (unpaired) electrons. The molecule has 5 rings (SSSR count). The maximum atomic E-state index is 14.8. The van der Waals surface area contributed by atoms with E-state index in [0.29, 0.717) is 12.1 Å². The van der Waals surface area contributed by atoms with Crippen molar-refractivity contribution >= 4 is 11.1 Å². The number of fused-ring (bicyclic) bond motifs is 1. The lowest BCUT2D eigenvalue weighted by atomic mass is 10.1. The number of halogens is 16. The predicted octanol–water partition coefficient (Wildman–Crippen LogP) is 8.44. The third-order valence-corrected chi connectivity index (χ3v) is 5.80. The second-order valence-corrected chi connectivity index (χ2v) is 8.57. The molecule has 5 nitrogen and oxygen atoms in total. The van der Waals surface area contributed by atoms with Gasteiger partial charge in [0.1, 0.15) is 16.6 Å². The number of rotatable bonds is 3. The fourth-order valence-electron chi connectivity index (χ4n) is 3.87. The number of oxazole rings is 1. The van der Waals surface area contributed by atoms with E-state index < -0.39 is 127 Å². The van der Waals surface area contributed by atoms with Gasteiger partial charge in [-0.1, -0.05) is 0 Å². The molecule has 21 heteroatoms. The van der Waals surface area contributed by atoms with Crippen LogP contribution in [0.2, 0.25) is 0 Å². The molecule has 0 unspecified atom stereocenters. The number of aromatic nitrogens is 4. The molecule has 0 amide bonds. The van der Waals surface area contributed by atoms with Crippen molar-refractivity contribution in [3.63, 3.8) is 0 Å². The molecule has 0 bridgehead atoms. The third kappa shape index (κ3) is 5.04. The van der Waals surface area contributed by atoms with Crippen LogP contribution in [0, 0.1) is 58.2 Å². The van der Waals surface area contributed by atoms with Gasteiger partial charge in [-0.05, 0) is 0 Å². The molecule has 0 saturated carbocycles. The minimum atomic E-state index is -6.05. The molecule has 2 heterocycles. The molecule has 5 aromatic rings. The van der Waals surface area contributed by atoms with Gasteiger partial charge < -0.3 is 4.42 Å². The minimum Gasteiger partial charge on any atom is -0.433 e. The normalized spacial score (nSPS) is 12.4. The average molecular weight is 666 g/mol. The molecule has 236 valence electrons. The van der Waals surface area contributed by atoms with E-state index in [1.807, 2.05) is 0 Å². The molecule has 0 saturated heterocycles. The first kappa shape index (κ1) is 31.4. The number of hydrogen-bond donors (Lipinski definition) is 0. The zero-order valence-corrected chi connectivity index (χ0v) is 20.4. The van der Waals surface area contributed by atoms with Crippen LogP contribution in [-0.2, 0) is 12.4 Å². The molecular weight excluding hydrogens is 664 g/mol. The highest BCUT2D eigenvalue weighted by Crippen LogP contribution is 2.42. The van der Waals surface area contributed by atoms with Gasteiger partial charge >= 0.3 is 12.4 Å². The summed E-state index contributed by atoms with van der Waals surface area (Å²) in [6.07, 6.45) is -12.1. The van der Waals surface area contributed by atoms with Crippen molar-refractivity contribution in [2.24, 2.45) is 0 Å². The van der Waals surface area contributed by atoms with Crippen LogP contribution in [0.1, 0.15) is 11.1 Å². The van der Waals surface area contributed by atoms with E-state index in [1.54, 1.807) is 0 Å². The highest BCUT2D eigenvalue weighted by atomic mass is 19.4. The number of hydrogen-bond acceptors (Lipinski definition) is 5. The van der Waals surface area contributed by atoms with E-state index in [1.165, 1.54) is 0 Å². The van der Waals surface area contributed by atoms with Crippen LogP contribution in [0.3, 0.4) is 0 Å². The quantitative estimate of drug-likeness (QED) is 0.143. The van der Waals surface area contributed by atoms with Crippen LogP contribution in [0.15, 0.2) is 16.5 Å². The Kier molecular flexibility index (Phi) is 7.19. The maximum absolute atomic E-state index is 14.8. The van der Waals surface area contributed by atoms with E-state index >= 15 is 0 Å². The number of benzene rings is 3. The largest absolute Gasteiger partial charge is 0.433 e. The summed E-state index contributed by atoms with van der Waals surface area (Å²) in [5, 5.41) is 0. The fraction of sp³-hybridized carbons (Fsp3) is 0.0833. The molecule has 3 aromatic carbocycles. The van der Waals surface area contributed by atoms with Crippen LogP contribution < -0.4 is 0 Å². The first-order chi connectivity index (χ1) is 20.7. The Hall–Kier alpha value is -4.98. The fourth-order valence-corrected chi connectivity index (χ4v) is 3.87. The molecule has 0 N–H and O–H groups in total. The highest BCUT2D eigenvalue weighted by Gasteiger charge is 2.45. The van der Waals surface area contributed by atoms with Gasteiger partial charge in [0, 0.05) is 12.1 Å². The van der Waals surface area contributed by atoms with Gasteiger partial charge in [0.05, 0.1) is 11.1 Å². The van der Waals surface area contributed by atoms with Gasteiger partial charge in [-0.3, -0.25) is 0 Å². The van der Waals surface area contributed by atoms with Crippen molar-refractivity contribution in [3.05, 3.63) is 81.4 Å². The Morgan fingerprint density at radius 1 is 0.444 bits per heavy atom. The summed E-state index contributed by atoms with van der Waals surface area (Å²) in [7, 11) is 0. The standard InChI is InChI=1S/C24H2F16N4O/c25-3-1-5-6(2-4(3)26)45-22(41-5)21-43-19(7-11(27)15(31)9(23(35,36)37)16(32)12(7)28)42-20(44-21)8-13(29)17(33)10(24(38,39)40)18(34)14(8)30/h1-2H. The van der Waals surface area contributed by atoms with Crippen molar-refractivity contribution < 1.29 is 74.7 Å². The first-order valence-corrected chi connectivity index (χ1v) is 11.1. The highest BCUT2D eigenvalue weighted by molar-refractivity contribution is 5.76. The molecule has 0 fully saturated rings. The predicted molar refractivity (Wildman–Crippen MR) is 113 cm³/mol. The summed E-state index contributed by atoms with van der Waals surface area (Å²) in [5.41, 5.74) is -12.0. The summed E-state index contributed by atoms with van der Waals surface area (Å²) in [5.74, 6) is -33.4. The molecule has 2 aromatic heterocycles. The Bertz CT molecular complexity index is 1850. The zero-order valence-electron chi connectivity index (χ0n) is 20.4. The molecule has 0 aliphatic heterocycles. The minimum absolute atomic E-state index is 0.351. The second-order valence-electron chi connectivity index (χ2n) is 8.57. The lowest BCUT2D eigenvalue weighted by Gasteiger charge is -2.15. The van der Waals surface area contributed by atoms with Crippen LogP contribution in [-0.4, -0.2) is 19.9 Å². The van der Waals surface area contributed by atoms with Gasteiger partial charge in [-0.2, -0.15) is 26.3 Å². The molecule has 45 heavy (non-hydrogen) atoms. The molecule has 0 atom stereocenters. The van der Waals surface area contributed by atoms with E-state index in [2.05, 4.69) is 19.9 Å². The van der Waals surface area contributed by atoms with Crippen molar-refractivity contribution in [3.8, 4) is 34.5 Å². The number of alkyl halides is 6. The summed E-state index contributed by atoms with van der Waals surface area (Å²) in [6.45, 7) is 0. The average Bonchev–Trinajstić information content (AvgIpc) is 3.32. The van der Waals surface area contributed by atoms with E-state index in [9.17, 15) is 70.2 Å².